The number of benzene rings is 1. The highest BCUT2D eigenvalue weighted by molar-refractivity contribution is 7.91. The van der Waals surface area contributed by atoms with Crippen LogP contribution in [-0.2, 0) is 9.84 Å². The molecule has 0 aliphatic rings. The molecule has 4 heteroatoms. The van der Waals surface area contributed by atoms with E-state index in [1.165, 1.54) is 0 Å². The molecule has 0 fully saturated rings. The van der Waals surface area contributed by atoms with Crippen molar-refractivity contribution in [2.75, 3.05) is 12.4 Å². The van der Waals surface area contributed by atoms with Gasteiger partial charge in [-0.3, -0.25) is 0 Å². The minimum absolute atomic E-state index is 0.124. The van der Waals surface area contributed by atoms with Crippen molar-refractivity contribution < 1.29 is 13.2 Å². The van der Waals surface area contributed by atoms with E-state index in [0.717, 1.165) is 6.42 Å². The molecule has 0 aliphatic carbocycles. The van der Waals surface area contributed by atoms with Crippen molar-refractivity contribution in [3.8, 4) is 5.75 Å². The van der Waals surface area contributed by atoms with E-state index in [2.05, 4.69) is 20.8 Å². The van der Waals surface area contributed by atoms with E-state index < -0.39 is 9.84 Å². The topological polar surface area (TPSA) is 43.4 Å². The van der Waals surface area contributed by atoms with Crippen LogP contribution in [0, 0.1) is 12.8 Å². The maximum atomic E-state index is 11.5. The van der Waals surface area contributed by atoms with Gasteiger partial charge in [-0.05, 0) is 43.5 Å². The maximum absolute atomic E-state index is 11.5. The first-order valence-corrected chi connectivity index (χ1v) is 7.36. The third-order valence-corrected chi connectivity index (χ3v) is 3.94. The zero-order valence-electron chi connectivity index (χ0n) is 10.3. The smallest absolute Gasteiger partial charge is 0.178 e. The van der Waals surface area contributed by atoms with Gasteiger partial charge in [-0.1, -0.05) is 13.8 Å². The fourth-order valence-electron chi connectivity index (χ4n) is 1.27. The Bertz CT molecular complexity index is 432. The highest BCUT2D eigenvalue weighted by Crippen LogP contribution is 2.17. The minimum Gasteiger partial charge on any atom is -0.494 e. The summed E-state index contributed by atoms with van der Waals surface area (Å²) in [7, 11) is -3.22. The van der Waals surface area contributed by atoms with Crippen molar-refractivity contribution in [1.29, 1.82) is 0 Å². The largest absolute Gasteiger partial charge is 0.494 e. The van der Waals surface area contributed by atoms with Gasteiger partial charge in [0.2, 0.25) is 0 Å². The molecule has 0 N–H and O–H groups in total. The molecule has 1 aromatic rings. The summed E-state index contributed by atoms with van der Waals surface area (Å²) in [6, 6.07) is 6.49. The first-order chi connectivity index (χ1) is 7.95. The van der Waals surface area contributed by atoms with Crippen LogP contribution < -0.4 is 4.74 Å². The molecule has 17 heavy (non-hydrogen) atoms. The highest BCUT2D eigenvalue weighted by atomic mass is 32.2. The highest BCUT2D eigenvalue weighted by Gasteiger charge is 2.10. The van der Waals surface area contributed by atoms with Crippen molar-refractivity contribution in [3.05, 3.63) is 31.2 Å². The average molecular weight is 255 g/mol. The first kappa shape index (κ1) is 14.0. The van der Waals surface area contributed by atoms with Crippen LogP contribution in [0.5, 0.6) is 5.75 Å². The van der Waals surface area contributed by atoms with Gasteiger partial charge in [0.15, 0.2) is 9.84 Å². The normalized spacial score (nSPS) is 11.8. The number of ether oxygens (including phenoxy) is 1. The van der Waals surface area contributed by atoms with E-state index in [4.69, 9.17) is 4.74 Å². The van der Waals surface area contributed by atoms with Crippen molar-refractivity contribution in [1.82, 2.24) is 0 Å². The summed E-state index contributed by atoms with van der Waals surface area (Å²) >= 11 is 0. The van der Waals surface area contributed by atoms with E-state index in [0.29, 0.717) is 23.2 Å². The van der Waals surface area contributed by atoms with Crippen molar-refractivity contribution >= 4 is 9.84 Å². The number of hydrogen-bond donors (Lipinski definition) is 0. The second kappa shape index (κ2) is 6.05. The summed E-state index contributed by atoms with van der Waals surface area (Å²) in [5.41, 5.74) is 0. The Morgan fingerprint density at radius 1 is 1.24 bits per heavy atom. The SMILES string of the molecule is [CH2]CS(=O)(=O)c1ccc(OCCC(C)C)cc1. The Morgan fingerprint density at radius 3 is 2.29 bits per heavy atom. The molecule has 1 aromatic carbocycles. The maximum Gasteiger partial charge on any atom is 0.178 e. The molecule has 1 rings (SSSR count). The van der Waals surface area contributed by atoms with Crippen LogP contribution in [0.2, 0.25) is 0 Å². The molecule has 0 amide bonds. The van der Waals surface area contributed by atoms with Crippen LogP contribution in [0.3, 0.4) is 0 Å². The fraction of sp³-hybridized carbons (Fsp3) is 0.462. The van der Waals surface area contributed by atoms with Crippen LogP contribution in [-0.4, -0.2) is 20.8 Å². The third-order valence-electron chi connectivity index (χ3n) is 2.42. The van der Waals surface area contributed by atoms with Crippen LogP contribution in [0.25, 0.3) is 0 Å². The number of rotatable bonds is 6. The molecule has 0 unspecified atom stereocenters. The van der Waals surface area contributed by atoms with Gasteiger partial charge in [-0.25, -0.2) is 8.42 Å². The molecular weight excluding hydrogens is 236 g/mol. The Morgan fingerprint density at radius 2 is 1.82 bits per heavy atom. The molecule has 0 saturated heterocycles. The standard InChI is InChI=1S/C13H19O3S/c1-4-17(14,15)13-7-5-12(6-8-13)16-10-9-11(2)3/h5-8,11H,1,4,9-10H2,2-3H3. The molecule has 1 radical (unpaired) electrons. The van der Waals surface area contributed by atoms with Crippen molar-refractivity contribution in [2.45, 2.75) is 25.2 Å². The summed E-state index contributed by atoms with van der Waals surface area (Å²) in [4.78, 5) is 0.295. The van der Waals surface area contributed by atoms with Gasteiger partial charge in [-0.2, -0.15) is 0 Å². The van der Waals surface area contributed by atoms with Gasteiger partial charge in [0.05, 0.1) is 17.3 Å². The van der Waals surface area contributed by atoms with E-state index >= 15 is 0 Å². The molecule has 0 atom stereocenters. The number of sulfone groups is 1. The Kier molecular flexibility index (Phi) is 5.00. The van der Waals surface area contributed by atoms with Crippen molar-refractivity contribution in [2.24, 2.45) is 5.92 Å². The van der Waals surface area contributed by atoms with E-state index in [-0.39, 0.29) is 5.75 Å². The van der Waals surface area contributed by atoms with E-state index in [9.17, 15) is 8.42 Å². The van der Waals surface area contributed by atoms with Gasteiger partial charge in [-0.15, -0.1) is 0 Å². The quantitative estimate of drug-likeness (QED) is 0.785. The zero-order valence-corrected chi connectivity index (χ0v) is 11.2. The van der Waals surface area contributed by atoms with Gasteiger partial charge < -0.3 is 4.74 Å². The molecule has 0 heterocycles. The molecule has 3 nitrogen and oxygen atoms in total. The molecular formula is C13H19O3S. The third kappa shape index (κ3) is 4.38. The van der Waals surface area contributed by atoms with Gasteiger partial charge in [0.25, 0.3) is 0 Å². The molecule has 0 aliphatic heterocycles. The lowest BCUT2D eigenvalue weighted by atomic mass is 10.1. The van der Waals surface area contributed by atoms with E-state index in [1.54, 1.807) is 24.3 Å². The second-order valence-corrected chi connectivity index (χ2v) is 6.43. The van der Waals surface area contributed by atoms with Crippen LogP contribution >= 0.6 is 0 Å². The minimum atomic E-state index is -3.22. The predicted octanol–water partition coefficient (Wildman–Crippen LogP) is 2.72. The van der Waals surface area contributed by atoms with Crippen LogP contribution in [0.15, 0.2) is 29.2 Å². The summed E-state index contributed by atoms with van der Waals surface area (Å²) in [5, 5.41) is 0. The zero-order chi connectivity index (χ0) is 12.9. The summed E-state index contributed by atoms with van der Waals surface area (Å²) in [5.74, 6) is 1.18. The molecule has 0 saturated carbocycles. The summed E-state index contributed by atoms with van der Waals surface area (Å²) in [6.45, 7) is 8.32. The van der Waals surface area contributed by atoms with Gasteiger partial charge in [0.1, 0.15) is 5.75 Å². The lowest BCUT2D eigenvalue weighted by molar-refractivity contribution is 0.289. The molecule has 95 valence electrons. The molecule has 0 aromatic heterocycles. The van der Waals surface area contributed by atoms with E-state index in [1.807, 2.05) is 0 Å². The lowest BCUT2D eigenvalue weighted by Gasteiger charge is -2.08. The van der Waals surface area contributed by atoms with Crippen LogP contribution in [0.1, 0.15) is 20.3 Å². The Hall–Kier alpha value is -1.03. The van der Waals surface area contributed by atoms with Gasteiger partial charge in [0, 0.05) is 0 Å². The monoisotopic (exact) mass is 255 g/mol. The number of hydrogen-bond acceptors (Lipinski definition) is 3. The molecule has 0 spiro atoms. The van der Waals surface area contributed by atoms with Crippen LogP contribution in [0.4, 0.5) is 0 Å². The summed E-state index contributed by atoms with van der Waals surface area (Å²) < 4.78 is 28.5. The Labute approximate surface area is 104 Å². The molecule has 0 bridgehead atoms. The predicted molar refractivity (Wildman–Crippen MR) is 68.8 cm³/mol. The fourth-order valence-corrected chi connectivity index (χ4v) is 2.06. The van der Waals surface area contributed by atoms with Gasteiger partial charge >= 0.3 is 0 Å². The average Bonchev–Trinajstić information content (AvgIpc) is 2.29. The summed E-state index contributed by atoms with van der Waals surface area (Å²) in [6.07, 6.45) is 0.985. The van der Waals surface area contributed by atoms with Crippen molar-refractivity contribution in [3.63, 3.8) is 0 Å². The second-order valence-electron chi connectivity index (χ2n) is 4.32. The Balaban J connectivity index is 2.63. The lowest BCUT2D eigenvalue weighted by Crippen LogP contribution is -2.04. The first-order valence-electron chi connectivity index (χ1n) is 5.70.